The first-order valence-corrected chi connectivity index (χ1v) is 6.91. The molecule has 19 heavy (non-hydrogen) atoms. The third-order valence-electron chi connectivity index (χ3n) is 3.67. The molecule has 0 radical (unpaired) electrons. The van der Waals surface area contributed by atoms with E-state index in [9.17, 15) is 4.79 Å². The minimum absolute atomic E-state index is 0.198. The van der Waals surface area contributed by atoms with E-state index in [2.05, 4.69) is 0 Å². The SMILES string of the molecule is COc1cccc(N(CCCN)C(=O)C2CCC2)c1. The zero-order chi connectivity index (χ0) is 13.7. The molecular formula is C15H22N2O2. The topological polar surface area (TPSA) is 55.6 Å². The van der Waals surface area contributed by atoms with Gasteiger partial charge in [-0.1, -0.05) is 12.5 Å². The third-order valence-corrected chi connectivity index (χ3v) is 3.67. The minimum atomic E-state index is 0.198. The van der Waals surface area contributed by atoms with Crippen molar-refractivity contribution in [3.63, 3.8) is 0 Å². The summed E-state index contributed by atoms with van der Waals surface area (Å²) in [5.41, 5.74) is 6.48. The number of hydrogen-bond donors (Lipinski definition) is 1. The first-order chi connectivity index (χ1) is 9.26. The van der Waals surface area contributed by atoms with Gasteiger partial charge in [0.25, 0.3) is 0 Å². The van der Waals surface area contributed by atoms with Gasteiger partial charge in [0, 0.05) is 24.2 Å². The van der Waals surface area contributed by atoms with Crippen LogP contribution in [0.5, 0.6) is 5.75 Å². The van der Waals surface area contributed by atoms with E-state index in [0.29, 0.717) is 13.1 Å². The zero-order valence-electron chi connectivity index (χ0n) is 11.5. The summed E-state index contributed by atoms with van der Waals surface area (Å²) in [7, 11) is 1.64. The van der Waals surface area contributed by atoms with Crippen LogP contribution in [-0.4, -0.2) is 26.1 Å². The highest BCUT2D eigenvalue weighted by Gasteiger charge is 2.30. The Morgan fingerprint density at radius 3 is 2.84 bits per heavy atom. The number of nitrogens with two attached hydrogens (primary N) is 1. The molecule has 0 unspecified atom stereocenters. The molecule has 104 valence electrons. The van der Waals surface area contributed by atoms with E-state index in [0.717, 1.165) is 30.7 Å². The Kier molecular flexibility index (Phi) is 4.80. The lowest BCUT2D eigenvalue weighted by atomic mass is 9.84. The van der Waals surface area contributed by atoms with Crippen LogP contribution in [0, 0.1) is 5.92 Å². The molecule has 0 bridgehead atoms. The molecule has 1 aromatic rings. The smallest absolute Gasteiger partial charge is 0.230 e. The van der Waals surface area contributed by atoms with Gasteiger partial charge in [-0.05, 0) is 37.9 Å². The molecule has 1 aliphatic carbocycles. The minimum Gasteiger partial charge on any atom is -0.497 e. The molecule has 1 fully saturated rings. The fourth-order valence-corrected chi connectivity index (χ4v) is 2.27. The summed E-state index contributed by atoms with van der Waals surface area (Å²) in [6.07, 6.45) is 4.01. The van der Waals surface area contributed by atoms with Crippen molar-refractivity contribution < 1.29 is 9.53 Å². The van der Waals surface area contributed by atoms with E-state index in [1.807, 2.05) is 29.2 Å². The fourth-order valence-electron chi connectivity index (χ4n) is 2.27. The molecule has 1 amide bonds. The Morgan fingerprint density at radius 2 is 2.26 bits per heavy atom. The molecule has 1 aliphatic rings. The molecule has 0 heterocycles. The summed E-state index contributed by atoms with van der Waals surface area (Å²) >= 11 is 0. The monoisotopic (exact) mass is 262 g/mol. The number of nitrogens with zero attached hydrogens (tertiary/aromatic N) is 1. The van der Waals surface area contributed by atoms with Gasteiger partial charge in [-0.15, -0.1) is 0 Å². The molecule has 0 aliphatic heterocycles. The van der Waals surface area contributed by atoms with Crippen LogP contribution in [0.2, 0.25) is 0 Å². The predicted octanol–water partition coefficient (Wildman–Crippen LogP) is 2.18. The van der Waals surface area contributed by atoms with E-state index >= 15 is 0 Å². The summed E-state index contributed by atoms with van der Waals surface area (Å²) in [6.45, 7) is 1.28. The Balaban J connectivity index is 2.17. The maximum Gasteiger partial charge on any atom is 0.230 e. The number of rotatable bonds is 6. The normalized spacial score (nSPS) is 14.8. The van der Waals surface area contributed by atoms with Crippen LogP contribution in [-0.2, 0) is 4.79 Å². The molecular weight excluding hydrogens is 240 g/mol. The standard InChI is InChI=1S/C15H22N2O2/c1-19-14-8-3-7-13(11-14)17(10-4-9-16)15(18)12-5-2-6-12/h3,7-8,11-12H,2,4-6,9-10,16H2,1H3. The van der Waals surface area contributed by atoms with Crippen molar-refractivity contribution >= 4 is 11.6 Å². The van der Waals surface area contributed by atoms with Crippen LogP contribution in [0.15, 0.2) is 24.3 Å². The molecule has 4 nitrogen and oxygen atoms in total. The Bertz CT molecular complexity index is 430. The van der Waals surface area contributed by atoms with Gasteiger partial charge in [0.2, 0.25) is 5.91 Å². The number of ether oxygens (including phenoxy) is 1. The van der Waals surface area contributed by atoms with Crippen LogP contribution < -0.4 is 15.4 Å². The average Bonchev–Trinajstić information content (AvgIpc) is 2.37. The Morgan fingerprint density at radius 1 is 1.47 bits per heavy atom. The second-order valence-electron chi connectivity index (χ2n) is 4.96. The fraction of sp³-hybridized carbons (Fsp3) is 0.533. The number of methoxy groups -OCH3 is 1. The van der Waals surface area contributed by atoms with E-state index < -0.39 is 0 Å². The van der Waals surface area contributed by atoms with Gasteiger partial charge in [0.15, 0.2) is 0 Å². The highest BCUT2D eigenvalue weighted by molar-refractivity contribution is 5.95. The summed E-state index contributed by atoms with van der Waals surface area (Å²) in [5, 5.41) is 0. The van der Waals surface area contributed by atoms with Crippen LogP contribution in [0.4, 0.5) is 5.69 Å². The second-order valence-corrected chi connectivity index (χ2v) is 4.96. The molecule has 2 N–H and O–H groups in total. The van der Waals surface area contributed by atoms with Gasteiger partial charge in [-0.25, -0.2) is 0 Å². The largest absolute Gasteiger partial charge is 0.497 e. The van der Waals surface area contributed by atoms with Crippen LogP contribution in [0.3, 0.4) is 0 Å². The lowest BCUT2D eigenvalue weighted by Gasteiger charge is -2.32. The number of carbonyl (C=O) groups excluding carboxylic acids is 1. The highest BCUT2D eigenvalue weighted by Crippen LogP contribution is 2.31. The van der Waals surface area contributed by atoms with Crippen LogP contribution in [0.25, 0.3) is 0 Å². The number of anilines is 1. The lowest BCUT2D eigenvalue weighted by molar-refractivity contribution is -0.124. The van der Waals surface area contributed by atoms with Gasteiger partial charge in [0.05, 0.1) is 7.11 Å². The summed E-state index contributed by atoms with van der Waals surface area (Å²) < 4.78 is 5.23. The van der Waals surface area contributed by atoms with Gasteiger partial charge in [-0.2, -0.15) is 0 Å². The quantitative estimate of drug-likeness (QED) is 0.855. The lowest BCUT2D eigenvalue weighted by Crippen LogP contribution is -2.40. The zero-order valence-corrected chi connectivity index (χ0v) is 11.5. The van der Waals surface area contributed by atoms with Crippen molar-refractivity contribution in [1.29, 1.82) is 0 Å². The molecule has 0 atom stereocenters. The Labute approximate surface area is 114 Å². The molecule has 1 saturated carbocycles. The van der Waals surface area contributed by atoms with Gasteiger partial charge in [-0.3, -0.25) is 4.79 Å². The van der Waals surface area contributed by atoms with Gasteiger partial charge >= 0.3 is 0 Å². The van der Waals surface area contributed by atoms with Crippen molar-refractivity contribution in [2.45, 2.75) is 25.7 Å². The van der Waals surface area contributed by atoms with Gasteiger partial charge < -0.3 is 15.4 Å². The first-order valence-electron chi connectivity index (χ1n) is 6.91. The molecule has 0 saturated heterocycles. The van der Waals surface area contributed by atoms with E-state index in [-0.39, 0.29) is 11.8 Å². The van der Waals surface area contributed by atoms with Crippen molar-refractivity contribution in [3.05, 3.63) is 24.3 Å². The highest BCUT2D eigenvalue weighted by atomic mass is 16.5. The molecule has 0 spiro atoms. The third kappa shape index (κ3) is 3.26. The molecule has 4 heteroatoms. The molecule has 2 rings (SSSR count). The van der Waals surface area contributed by atoms with E-state index in [1.54, 1.807) is 7.11 Å². The number of amides is 1. The number of carbonyl (C=O) groups is 1. The van der Waals surface area contributed by atoms with Crippen molar-refractivity contribution in [2.75, 3.05) is 25.1 Å². The van der Waals surface area contributed by atoms with Crippen LogP contribution in [0.1, 0.15) is 25.7 Å². The predicted molar refractivity (Wildman–Crippen MR) is 76.4 cm³/mol. The first kappa shape index (κ1) is 13.9. The van der Waals surface area contributed by atoms with E-state index in [1.165, 1.54) is 6.42 Å². The summed E-state index contributed by atoms with van der Waals surface area (Å²) in [4.78, 5) is 14.3. The summed E-state index contributed by atoms with van der Waals surface area (Å²) in [6, 6.07) is 7.67. The maximum atomic E-state index is 12.5. The average molecular weight is 262 g/mol. The number of benzene rings is 1. The molecule has 1 aromatic carbocycles. The Hall–Kier alpha value is -1.55. The van der Waals surface area contributed by atoms with E-state index in [4.69, 9.17) is 10.5 Å². The van der Waals surface area contributed by atoms with Crippen molar-refractivity contribution in [1.82, 2.24) is 0 Å². The summed E-state index contributed by atoms with van der Waals surface area (Å²) in [5.74, 6) is 1.20. The van der Waals surface area contributed by atoms with Gasteiger partial charge in [0.1, 0.15) is 5.75 Å². The second kappa shape index (κ2) is 6.57. The molecule has 0 aromatic heterocycles. The maximum absolute atomic E-state index is 12.5. The van der Waals surface area contributed by atoms with Crippen molar-refractivity contribution in [3.8, 4) is 5.75 Å². The van der Waals surface area contributed by atoms with Crippen molar-refractivity contribution in [2.24, 2.45) is 11.7 Å². The number of hydrogen-bond acceptors (Lipinski definition) is 3. The van der Waals surface area contributed by atoms with Crippen LogP contribution >= 0.6 is 0 Å².